The highest BCUT2D eigenvalue weighted by Crippen LogP contribution is 2.52. The summed E-state index contributed by atoms with van der Waals surface area (Å²) in [6, 6.07) is 10.7. The Hall–Kier alpha value is -3.68. The third kappa shape index (κ3) is 5.27. The van der Waals surface area contributed by atoms with Crippen LogP contribution in [0.2, 0.25) is 0 Å². The molecular weight excluding hydrogens is 459 g/mol. The first kappa shape index (κ1) is 26.9. The zero-order valence-electron chi connectivity index (χ0n) is 22.1. The summed E-state index contributed by atoms with van der Waals surface area (Å²) in [7, 11) is 0. The maximum absolute atomic E-state index is 14.4. The second-order valence-electron chi connectivity index (χ2n) is 9.12. The summed E-state index contributed by atoms with van der Waals surface area (Å²) in [4.78, 5) is 12.8. The Balaban J connectivity index is 0.000000861. The molecule has 0 saturated carbocycles. The molecule has 0 fully saturated rings. The molecule has 0 bridgehead atoms. The Morgan fingerprint density at radius 3 is 2.39 bits per heavy atom. The Labute approximate surface area is 212 Å². The van der Waals surface area contributed by atoms with Crippen LogP contribution in [0.4, 0.5) is 4.39 Å². The molecule has 2 aliphatic rings. The molecule has 0 amide bonds. The quantitative estimate of drug-likeness (QED) is 0.421. The van der Waals surface area contributed by atoms with Crippen molar-refractivity contribution in [3.63, 3.8) is 0 Å². The standard InChI is InChI=1S/C24H23FN4O3.2C2H6/c1-23(2,3)12-30-20-10-17-19(11-28-20)32-18-7-6-14(15-5-4-8-27-21(15)25)9-16(18)24(17)13-31-22(26)29-24;2*1-2/h4-11H,12-13H2,1-3H3,(H2,26,29);2*1-2H3. The first-order chi connectivity index (χ1) is 17.2. The van der Waals surface area contributed by atoms with Crippen molar-refractivity contribution in [3.8, 4) is 28.5 Å². The highest BCUT2D eigenvalue weighted by atomic mass is 19.1. The van der Waals surface area contributed by atoms with Gasteiger partial charge in [-0.3, -0.25) is 0 Å². The fourth-order valence-corrected chi connectivity index (χ4v) is 3.88. The fraction of sp³-hybridized carbons (Fsp3) is 0.393. The fourth-order valence-electron chi connectivity index (χ4n) is 3.88. The second-order valence-corrected chi connectivity index (χ2v) is 9.12. The summed E-state index contributed by atoms with van der Waals surface area (Å²) in [5.74, 6) is 1.03. The van der Waals surface area contributed by atoms with E-state index in [4.69, 9.17) is 19.9 Å². The number of aliphatic imine (C=N–C) groups is 1. The third-order valence-corrected chi connectivity index (χ3v) is 5.39. The Kier molecular flexibility index (Phi) is 8.17. The van der Waals surface area contributed by atoms with Crippen LogP contribution in [-0.2, 0) is 10.3 Å². The van der Waals surface area contributed by atoms with Crippen LogP contribution in [0.3, 0.4) is 0 Å². The largest absolute Gasteiger partial charge is 0.477 e. The highest BCUT2D eigenvalue weighted by Gasteiger charge is 2.47. The molecule has 0 radical (unpaired) electrons. The van der Waals surface area contributed by atoms with Gasteiger partial charge in [-0.2, -0.15) is 4.39 Å². The number of hydrogen-bond donors (Lipinski definition) is 1. The number of amidine groups is 1. The van der Waals surface area contributed by atoms with Gasteiger partial charge in [-0.05, 0) is 35.2 Å². The average molecular weight is 495 g/mol. The van der Waals surface area contributed by atoms with Gasteiger partial charge in [0.15, 0.2) is 11.3 Å². The molecule has 36 heavy (non-hydrogen) atoms. The molecular formula is C28H35FN4O3. The van der Waals surface area contributed by atoms with Gasteiger partial charge in [-0.25, -0.2) is 15.0 Å². The molecule has 3 aromatic rings. The van der Waals surface area contributed by atoms with Gasteiger partial charge in [0.25, 0.3) is 6.02 Å². The van der Waals surface area contributed by atoms with Crippen LogP contribution in [0, 0.1) is 11.4 Å². The minimum atomic E-state index is -0.954. The van der Waals surface area contributed by atoms with E-state index in [1.54, 1.807) is 30.5 Å². The molecule has 8 heteroatoms. The lowest BCUT2D eigenvalue weighted by molar-refractivity contribution is 0.190. The van der Waals surface area contributed by atoms with Crippen molar-refractivity contribution >= 4 is 6.02 Å². The van der Waals surface area contributed by atoms with Gasteiger partial charge in [0.1, 0.15) is 12.4 Å². The number of nitrogens with two attached hydrogens (primary N) is 1. The predicted octanol–water partition coefficient (Wildman–Crippen LogP) is 6.45. The Morgan fingerprint density at radius 1 is 1.03 bits per heavy atom. The number of fused-ring (bicyclic) bond motifs is 4. The lowest BCUT2D eigenvalue weighted by Crippen LogP contribution is -2.31. The van der Waals surface area contributed by atoms with E-state index in [-0.39, 0.29) is 18.0 Å². The lowest BCUT2D eigenvalue weighted by Gasteiger charge is -2.33. The first-order valence-electron chi connectivity index (χ1n) is 12.3. The summed E-state index contributed by atoms with van der Waals surface area (Å²) in [5.41, 5.74) is 7.46. The number of aromatic nitrogens is 2. The van der Waals surface area contributed by atoms with Crippen LogP contribution < -0.4 is 15.2 Å². The van der Waals surface area contributed by atoms with Crippen molar-refractivity contribution in [1.29, 1.82) is 0 Å². The number of rotatable bonds is 3. The van der Waals surface area contributed by atoms with E-state index in [1.807, 2.05) is 39.8 Å². The molecule has 0 aliphatic carbocycles. The van der Waals surface area contributed by atoms with Gasteiger partial charge in [-0.1, -0.05) is 54.5 Å². The molecule has 2 aliphatic heterocycles. The van der Waals surface area contributed by atoms with Crippen molar-refractivity contribution in [2.45, 2.75) is 54.0 Å². The molecule has 192 valence electrons. The van der Waals surface area contributed by atoms with Crippen LogP contribution in [0.5, 0.6) is 17.4 Å². The maximum Gasteiger partial charge on any atom is 0.283 e. The van der Waals surface area contributed by atoms with Gasteiger partial charge in [0, 0.05) is 29.0 Å². The topological polar surface area (TPSA) is 91.8 Å². The van der Waals surface area contributed by atoms with E-state index >= 15 is 0 Å². The number of pyridine rings is 2. The van der Waals surface area contributed by atoms with Crippen LogP contribution in [0.1, 0.15) is 59.6 Å². The zero-order chi connectivity index (χ0) is 26.5. The molecule has 2 N–H and O–H groups in total. The van der Waals surface area contributed by atoms with E-state index in [0.29, 0.717) is 35.1 Å². The summed E-state index contributed by atoms with van der Waals surface area (Å²) < 4.78 is 32.0. The molecule has 2 aromatic heterocycles. The number of hydrogen-bond acceptors (Lipinski definition) is 7. The molecule has 1 aromatic carbocycles. The van der Waals surface area contributed by atoms with Crippen LogP contribution in [0.15, 0.2) is 53.8 Å². The van der Waals surface area contributed by atoms with Gasteiger partial charge >= 0.3 is 0 Å². The van der Waals surface area contributed by atoms with Crippen molar-refractivity contribution in [3.05, 3.63) is 65.9 Å². The summed E-state index contributed by atoms with van der Waals surface area (Å²) in [6.45, 7) is 14.9. The lowest BCUT2D eigenvalue weighted by atomic mass is 9.81. The van der Waals surface area contributed by atoms with Gasteiger partial charge in [-0.15, -0.1) is 0 Å². The average Bonchev–Trinajstić information content (AvgIpc) is 3.27. The van der Waals surface area contributed by atoms with E-state index in [2.05, 4.69) is 35.7 Å². The van der Waals surface area contributed by atoms with Crippen molar-refractivity contribution < 1.29 is 18.6 Å². The summed E-state index contributed by atoms with van der Waals surface area (Å²) in [6.07, 6.45) is 3.04. The summed E-state index contributed by atoms with van der Waals surface area (Å²) >= 11 is 0. The second kappa shape index (κ2) is 10.9. The third-order valence-electron chi connectivity index (χ3n) is 5.39. The number of ether oxygens (including phenoxy) is 3. The maximum atomic E-state index is 14.4. The minimum absolute atomic E-state index is 0.0277. The Bertz CT molecular complexity index is 1240. The minimum Gasteiger partial charge on any atom is -0.477 e. The molecule has 4 heterocycles. The number of halogens is 1. The number of benzene rings is 1. The SMILES string of the molecule is CC.CC.CC(C)(C)COc1cc2c(cn1)Oc1ccc(-c3cccnc3F)cc1C21COC(N)=N1. The molecule has 1 spiro atoms. The van der Waals surface area contributed by atoms with Gasteiger partial charge < -0.3 is 19.9 Å². The smallest absolute Gasteiger partial charge is 0.283 e. The molecule has 7 nitrogen and oxygen atoms in total. The normalized spacial score (nSPS) is 17.2. The molecule has 0 saturated heterocycles. The zero-order valence-corrected chi connectivity index (χ0v) is 22.1. The van der Waals surface area contributed by atoms with E-state index in [1.165, 1.54) is 6.20 Å². The van der Waals surface area contributed by atoms with Crippen LogP contribution in [0.25, 0.3) is 11.1 Å². The van der Waals surface area contributed by atoms with E-state index in [9.17, 15) is 4.39 Å². The van der Waals surface area contributed by atoms with Gasteiger partial charge in [0.2, 0.25) is 11.8 Å². The monoisotopic (exact) mass is 494 g/mol. The van der Waals surface area contributed by atoms with Crippen molar-refractivity contribution in [2.24, 2.45) is 16.1 Å². The highest BCUT2D eigenvalue weighted by molar-refractivity contribution is 5.78. The summed E-state index contributed by atoms with van der Waals surface area (Å²) in [5, 5.41) is 0. The van der Waals surface area contributed by atoms with Crippen LogP contribution >= 0.6 is 0 Å². The Morgan fingerprint density at radius 2 is 1.75 bits per heavy atom. The van der Waals surface area contributed by atoms with Crippen LogP contribution in [-0.4, -0.2) is 29.2 Å². The van der Waals surface area contributed by atoms with Crippen molar-refractivity contribution in [2.75, 3.05) is 13.2 Å². The molecule has 1 unspecified atom stereocenters. The van der Waals surface area contributed by atoms with Crippen molar-refractivity contribution in [1.82, 2.24) is 9.97 Å². The predicted molar refractivity (Wildman–Crippen MR) is 140 cm³/mol. The first-order valence-corrected chi connectivity index (χ1v) is 12.3. The number of nitrogens with zero attached hydrogens (tertiary/aromatic N) is 3. The van der Waals surface area contributed by atoms with E-state index < -0.39 is 11.5 Å². The van der Waals surface area contributed by atoms with E-state index in [0.717, 1.165) is 11.1 Å². The molecule has 5 rings (SSSR count). The van der Waals surface area contributed by atoms with Gasteiger partial charge in [0.05, 0.1) is 12.8 Å². The molecule has 1 atom stereocenters.